The number of nitrogens with zero attached hydrogens (tertiary/aromatic N) is 1. The van der Waals surface area contributed by atoms with Crippen molar-refractivity contribution < 1.29 is 19.6 Å². The van der Waals surface area contributed by atoms with E-state index < -0.39 is 22.8 Å². The molecule has 2 aromatic rings. The van der Waals surface area contributed by atoms with Crippen LogP contribution in [0.15, 0.2) is 48.5 Å². The first-order valence-corrected chi connectivity index (χ1v) is 7.27. The molecule has 7 nitrogen and oxygen atoms in total. The zero-order chi connectivity index (χ0) is 17.7. The number of carbonyl (C=O) groups is 2. The Morgan fingerprint density at radius 2 is 1.92 bits per heavy atom. The topological polar surface area (TPSA) is 110 Å². The largest absolute Gasteiger partial charge is 0.481 e. The molecule has 0 aliphatic rings. The minimum atomic E-state index is -1.10. The van der Waals surface area contributed by atoms with Crippen molar-refractivity contribution in [1.82, 2.24) is 5.32 Å². The predicted octanol–water partition coefficient (Wildman–Crippen LogP) is 3.19. The van der Waals surface area contributed by atoms with E-state index in [0.717, 1.165) is 6.07 Å². The zero-order valence-corrected chi connectivity index (χ0v) is 13.1. The molecule has 124 valence electrons. The number of amides is 1. The highest BCUT2D eigenvalue weighted by Crippen LogP contribution is 2.22. The minimum Gasteiger partial charge on any atom is -0.481 e. The van der Waals surface area contributed by atoms with Gasteiger partial charge in [0.25, 0.3) is 11.6 Å². The van der Waals surface area contributed by atoms with Crippen LogP contribution in [0, 0.1) is 10.1 Å². The van der Waals surface area contributed by atoms with E-state index in [2.05, 4.69) is 5.32 Å². The third-order valence-corrected chi connectivity index (χ3v) is 3.49. The van der Waals surface area contributed by atoms with Crippen molar-refractivity contribution in [2.24, 2.45) is 0 Å². The first-order valence-electron chi connectivity index (χ1n) is 6.89. The van der Waals surface area contributed by atoms with Gasteiger partial charge in [0.05, 0.1) is 17.4 Å². The van der Waals surface area contributed by atoms with Crippen molar-refractivity contribution in [3.8, 4) is 0 Å². The van der Waals surface area contributed by atoms with E-state index in [1.807, 2.05) is 0 Å². The average Bonchev–Trinajstić information content (AvgIpc) is 2.54. The van der Waals surface area contributed by atoms with E-state index in [0.29, 0.717) is 10.6 Å². The van der Waals surface area contributed by atoms with Gasteiger partial charge in [-0.1, -0.05) is 29.8 Å². The van der Waals surface area contributed by atoms with E-state index in [1.54, 1.807) is 24.3 Å². The van der Waals surface area contributed by atoms with Crippen molar-refractivity contribution in [3.63, 3.8) is 0 Å². The maximum atomic E-state index is 12.3. The second-order valence-electron chi connectivity index (χ2n) is 4.99. The van der Waals surface area contributed by atoms with Crippen LogP contribution in [0.1, 0.15) is 28.4 Å². The number of carbonyl (C=O) groups excluding carboxylic acids is 1. The minimum absolute atomic E-state index is 0.0709. The smallest absolute Gasteiger partial charge is 0.305 e. The molecule has 0 fully saturated rings. The molecule has 0 spiro atoms. The lowest BCUT2D eigenvalue weighted by Crippen LogP contribution is -2.30. The summed E-state index contributed by atoms with van der Waals surface area (Å²) in [4.78, 5) is 33.5. The number of hydrogen-bond donors (Lipinski definition) is 2. The van der Waals surface area contributed by atoms with E-state index in [4.69, 9.17) is 16.7 Å². The van der Waals surface area contributed by atoms with E-state index in [-0.39, 0.29) is 17.7 Å². The van der Waals surface area contributed by atoms with Gasteiger partial charge >= 0.3 is 5.97 Å². The molecular formula is C16H13ClN2O5. The molecule has 2 rings (SSSR count). The van der Waals surface area contributed by atoms with Crippen LogP contribution in [0.5, 0.6) is 0 Å². The first-order chi connectivity index (χ1) is 11.4. The standard InChI is InChI=1S/C16H13ClN2O5/c17-12-5-1-3-10(7-12)14(9-15(20)21)18-16(22)11-4-2-6-13(8-11)19(23)24/h1-8,14H,9H2,(H,18,22)(H,20,21). The first kappa shape index (κ1) is 17.4. The Morgan fingerprint density at radius 3 is 2.54 bits per heavy atom. The highest BCUT2D eigenvalue weighted by molar-refractivity contribution is 6.30. The number of rotatable bonds is 6. The maximum Gasteiger partial charge on any atom is 0.305 e. The van der Waals surface area contributed by atoms with Crippen LogP contribution < -0.4 is 5.32 Å². The lowest BCUT2D eigenvalue weighted by atomic mass is 10.0. The summed E-state index contributed by atoms with van der Waals surface area (Å²) >= 11 is 5.90. The molecule has 0 bridgehead atoms. The summed E-state index contributed by atoms with van der Waals surface area (Å²) in [6, 6.07) is 10.9. The molecule has 1 amide bonds. The average molecular weight is 349 g/mol. The fourth-order valence-corrected chi connectivity index (χ4v) is 2.35. The Balaban J connectivity index is 2.26. The summed E-state index contributed by atoms with van der Waals surface area (Å²) < 4.78 is 0. The number of benzene rings is 2. The molecule has 8 heteroatoms. The summed E-state index contributed by atoms with van der Waals surface area (Å²) in [5, 5.41) is 22.8. The van der Waals surface area contributed by atoms with E-state index >= 15 is 0 Å². The van der Waals surface area contributed by atoms with Crippen LogP contribution in [0.2, 0.25) is 5.02 Å². The number of nitrogens with one attached hydrogen (secondary N) is 1. The van der Waals surface area contributed by atoms with Crippen LogP contribution in [0.25, 0.3) is 0 Å². The van der Waals surface area contributed by atoms with Gasteiger partial charge in [0.15, 0.2) is 0 Å². The summed E-state index contributed by atoms with van der Waals surface area (Å²) in [6.45, 7) is 0. The number of carboxylic acid groups (broad SMARTS) is 1. The van der Waals surface area contributed by atoms with Crippen molar-refractivity contribution >= 4 is 29.2 Å². The van der Waals surface area contributed by atoms with Crippen LogP contribution in [-0.4, -0.2) is 21.9 Å². The Bertz CT molecular complexity index is 794. The quantitative estimate of drug-likeness (QED) is 0.615. The lowest BCUT2D eigenvalue weighted by Gasteiger charge is -2.17. The van der Waals surface area contributed by atoms with E-state index in [1.165, 1.54) is 18.2 Å². The fourth-order valence-electron chi connectivity index (χ4n) is 2.15. The van der Waals surface area contributed by atoms with Crippen LogP contribution in [0.4, 0.5) is 5.69 Å². The number of halogens is 1. The summed E-state index contributed by atoms with van der Waals surface area (Å²) in [6.07, 6.45) is -0.346. The summed E-state index contributed by atoms with van der Waals surface area (Å²) in [7, 11) is 0. The van der Waals surface area contributed by atoms with Gasteiger partial charge < -0.3 is 10.4 Å². The number of hydrogen-bond acceptors (Lipinski definition) is 4. The second kappa shape index (κ2) is 7.56. The fraction of sp³-hybridized carbons (Fsp3) is 0.125. The van der Waals surface area contributed by atoms with Crippen LogP contribution >= 0.6 is 11.6 Å². The molecule has 1 unspecified atom stereocenters. The SMILES string of the molecule is O=C(O)CC(NC(=O)c1cccc([N+](=O)[O-])c1)c1cccc(Cl)c1. The monoisotopic (exact) mass is 348 g/mol. The number of aliphatic carboxylic acids is 1. The van der Waals surface area contributed by atoms with Gasteiger partial charge in [-0.25, -0.2) is 0 Å². The van der Waals surface area contributed by atoms with Crippen LogP contribution in [0.3, 0.4) is 0 Å². The molecule has 0 saturated heterocycles. The van der Waals surface area contributed by atoms with E-state index in [9.17, 15) is 19.7 Å². The predicted molar refractivity (Wildman–Crippen MR) is 87.0 cm³/mol. The molecule has 0 heterocycles. The maximum absolute atomic E-state index is 12.3. The summed E-state index contributed by atoms with van der Waals surface area (Å²) in [5.41, 5.74) is 0.380. The highest BCUT2D eigenvalue weighted by atomic mass is 35.5. The molecule has 2 N–H and O–H groups in total. The molecule has 0 aromatic heterocycles. The van der Waals surface area contributed by atoms with Crippen molar-refractivity contribution in [1.29, 1.82) is 0 Å². The van der Waals surface area contributed by atoms with Gasteiger partial charge in [0.2, 0.25) is 0 Å². The van der Waals surface area contributed by atoms with Gasteiger partial charge in [-0.15, -0.1) is 0 Å². The molecule has 0 aliphatic carbocycles. The molecule has 2 aromatic carbocycles. The molecule has 0 radical (unpaired) electrons. The number of nitro benzene ring substituents is 1. The van der Waals surface area contributed by atoms with Crippen molar-refractivity contribution in [3.05, 3.63) is 74.8 Å². The highest BCUT2D eigenvalue weighted by Gasteiger charge is 2.20. The van der Waals surface area contributed by atoms with Crippen LogP contribution in [-0.2, 0) is 4.79 Å². The third-order valence-electron chi connectivity index (χ3n) is 3.25. The Hall–Kier alpha value is -2.93. The normalized spacial score (nSPS) is 11.5. The second-order valence-corrected chi connectivity index (χ2v) is 5.42. The summed E-state index contributed by atoms with van der Waals surface area (Å²) in [5.74, 6) is -1.70. The molecule has 1 atom stereocenters. The molecule has 0 aliphatic heterocycles. The molecule has 24 heavy (non-hydrogen) atoms. The third kappa shape index (κ3) is 4.53. The number of non-ortho nitro benzene ring substituents is 1. The Labute approximate surface area is 142 Å². The molecule has 0 saturated carbocycles. The lowest BCUT2D eigenvalue weighted by molar-refractivity contribution is -0.384. The van der Waals surface area contributed by atoms with Gasteiger partial charge in [-0.05, 0) is 23.8 Å². The number of nitro groups is 1. The van der Waals surface area contributed by atoms with Gasteiger partial charge in [-0.3, -0.25) is 19.7 Å². The molecular weight excluding hydrogens is 336 g/mol. The number of carboxylic acids is 1. The van der Waals surface area contributed by atoms with Gasteiger partial charge in [-0.2, -0.15) is 0 Å². The van der Waals surface area contributed by atoms with Crippen molar-refractivity contribution in [2.45, 2.75) is 12.5 Å². The van der Waals surface area contributed by atoms with Crippen molar-refractivity contribution in [2.75, 3.05) is 0 Å². The van der Waals surface area contributed by atoms with Gasteiger partial charge in [0.1, 0.15) is 0 Å². The zero-order valence-electron chi connectivity index (χ0n) is 12.3. The Morgan fingerprint density at radius 1 is 1.21 bits per heavy atom. The van der Waals surface area contributed by atoms with Gasteiger partial charge in [0, 0.05) is 22.7 Å². The Kier molecular flexibility index (Phi) is 5.49.